The molecule has 6 heteroatoms. The van der Waals surface area contributed by atoms with E-state index in [1.807, 2.05) is 60.7 Å². The molecule has 1 aliphatic rings. The number of nitro benzene ring substituents is 1. The van der Waals surface area contributed by atoms with E-state index >= 15 is 0 Å². The Bertz CT molecular complexity index is 1050. The number of hydrogen-bond acceptors (Lipinski definition) is 4. The van der Waals surface area contributed by atoms with Crippen LogP contribution in [0.4, 0.5) is 17.1 Å². The predicted molar refractivity (Wildman–Crippen MR) is 108 cm³/mol. The lowest BCUT2D eigenvalue weighted by atomic mass is 10.0. The third-order valence-electron chi connectivity index (χ3n) is 4.59. The van der Waals surface area contributed by atoms with Gasteiger partial charge in [-0.1, -0.05) is 48.5 Å². The second-order valence-electron chi connectivity index (χ2n) is 6.34. The molecule has 1 unspecified atom stereocenters. The number of nitrogens with zero attached hydrogens (tertiary/aromatic N) is 2. The molecule has 1 aliphatic heterocycles. The predicted octanol–water partition coefficient (Wildman–Crippen LogP) is 4.68. The second kappa shape index (κ2) is 7.36. The normalized spacial score (nSPS) is 16.0. The number of para-hydroxylation sites is 3. The standard InChI is InChI=1S/C22H17N3O3/c26-22-19(23-16-9-3-1-4-10-16)15-21(24(22)17-11-5-2-6-12-17)18-13-7-8-14-20(18)25(27)28/h1-15,21,23H. The highest BCUT2D eigenvalue weighted by atomic mass is 16.6. The molecule has 1 heterocycles. The zero-order valence-corrected chi connectivity index (χ0v) is 14.9. The van der Waals surface area contributed by atoms with Crippen LogP contribution in [-0.4, -0.2) is 10.8 Å². The first-order valence-electron chi connectivity index (χ1n) is 8.81. The molecule has 1 N–H and O–H groups in total. The Morgan fingerprint density at radius 1 is 0.857 bits per heavy atom. The maximum absolute atomic E-state index is 13.2. The van der Waals surface area contributed by atoms with Gasteiger partial charge in [-0.15, -0.1) is 0 Å². The van der Waals surface area contributed by atoms with Crippen LogP contribution in [0.2, 0.25) is 0 Å². The molecule has 0 bridgehead atoms. The van der Waals surface area contributed by atoms with Gasteiger partial charge in [0, 0.05) is 17.4 Å². The van der Waals surface area contributed by atoms with Crippen LogP contribution in [-0.2, 0) is 4.79 Å². The van der Waals surface area contributed by atoms with E-state index in [1.54, 1.807) is 29.2 Å². The topological polar surface area (TPSA) is 75.5 Å². The van der Waals surface area contributed by atoms with Gasteiger partial charge in [-0.05, 0) is 36.4 Å². The number of anilines is 2. The highest BCUT2D eigenvalue weighted by Gasteiger charge is 2.37. The molecule has 3 aromatic rings. The molecule has 0 aliphatic carbocycles. The zero-order valence-electron chi connectivity index (χ0n) is 14.9. The summed E-state index contributed by atoms with van der Waals surface area (Å²) in [7, 11) is 0. The first kappa shape index (κ1) is 17.5. The van der Waals surface area contributed by atoms with Crippen molar-refractivity contribution in [1.82, 2.24) is 0 Å². The lowest BCUT2D eigenvalue weighted by Gasteiger charge is -2.25. The summed E-state index contributed by atoms with van der Waals surface area (Å²) in [5.74, 6) is -0.238. The third-order valence-corrected chi connectivity index (χ3v) is 4.59. The summed E-state index contributed by atoms with van der Waals surface area (Å²) >= 11 is 0. The summed E-state index contributed by atoms with van der Waals surface area (Å²) in [5.41, 5.74) is 2.29. The van der Waals surface area contributed by atoms with E-state index in [0.29, 0.717) is 16.9 Å². The molecule has 6 nitrogen and oxygen atoms in total. The number of carbonyl (C=O) groups excluding carboxylic acids is 1. The summed E-state index contributed by atoms with van der Waals surface area (Å²) in [6.07, 6.45) is 1.74. The molecule has 0 aromatic heterocycles. The van der Waals surface area contributed by atoms with E-state index in [4.69, 9.17) is 0 Å². The third kappa shape index (κ3) is 3.23. The van der Waals surface area contributed by atoms with Crippen LogP contribution in [0.15, 0.2) is 96.7 Å². The van der Waals surface area contributed by atoms with Gasteiger partial charge in [-0.25, -0.2) is 0 Å². The quantitative estimate of drug-likeness (QED) is 0.522. The Morgan fingerprint density at radius 2 is 1.46 bits per heavy atom. The van der Waals surface area contributed by atoms with Crippen molar-refractivity contribution in [3.63, 3.8) is 0 Å². The fourth-order valence-electron chi connectivity index (χ4n) is 3.33. The van der Waals surface area contributed by atoms with Crippen LogP contribution in [0.1, 0.15) is 11.6 Å². The van der Waals surface area contributed by atoms with Gasteiger partial charge in [0.05, 0.1) is 16.5 Å². The lowest BCUT2D eigenvalue weighted by Crippen LogP contribution is -2.31. The van der Waals surface area contributed by atoms with Gasteiger partial charge in [0.15, 0.2) is 0 Å². The molecular weight excluding hydrogens is 354 g/mol. The van der Waals surface area contributed by atoms with Gasteiger partial charge in [0.2, 0.25) is 0 Å². The van der Waals surface area contributed by atoms with Gasteiger partial charge in [-0.3, -0.25) is 19.8 Å². The average Bonchev–Trinajstić information content (AvgIpc) is 3.05. The Labute approximate surface area is 161 Å². The summed E-state index contributed by atoms with van der Waals surface area (Å²) in [6.45, 7) is 0. The minimum Gasteiger partial charge on any atom is -0.351 e. The fourth-order valence-corrected chi connectivity index (χ4v) is 3.33. The molecule has 0 fully saturated rings. The molecule has 28 heavy (non-hydrogen) atoms. The van der Waals surface area contributed by atoms with Crippen LogP contribution in [0.25, 0.3) is 0 Å². The monoisotopic (exact) mass is 371 g/mol. The van der Waals surface area contributed by atoms with Gasteiger partial charge >= 0.3 is 0 Å². The zero-order chi connectivity index (χ0) is 19.5. The van der Waals surface area contributed by atoms with E-state index in [-0.39, 0.29) is 11.6 Å². The molecule has 138 valence electrons. The van der Waals surface area contributed by atoms with Crippen molar-refractivity contribution in [3.05, 3.63) is 112 Å². The minimum atomic E-state index is -0.581. The summed E-state index contributed by atoms with van der Waals surface area (Å²) in [6, 6.07) is 24.5. The Kier molecular flexibility index (Phi) is 4.60. The SMILES string of the molecule is O=C1C(Nc2ccccc2)=CC(c2ccccc2[N+](=O)[O-])N1c1ccccc1. The van der Waals surface area contributed by atoms with E-state index in [1.165, 1.54) is 6.07 Å². The van der Waals surface area contributed by atoms with E-state index in [2.05, 4.69) is 5.32 Å². The summed E-state index contributed by atoms with van der Waals surface area (Å²) in [4.78, 5) is 25.9. The number of nitro groups is 1. The Morgan fingerprint density at radius 3 is 2.14 bits per heavy atom. The molecule has 0 saturated carbocycles. The molecule has 4 rings (SSSR count). The van der Waals surface area contributed by atoms with Crippen molar-refractivity contribution in [2.75, 3.05) is 10.2 Å². The van der Waals surface area contributed by atoms with Gasteiger partial charge in [-0.2, -0.15) is 0 Å². The summed E-state index contributed by atoms with van der Waals surface area (Å²) < 4.78 is 0. The Hall–Kier alpha value is -3.93. The average molecular weight is 371 g/mol. The fraction of sp³-hybridized carbons (Fsp3) is 0.0455. The molecular formula is C22H17N3O3. The van der Waals surface area contributed by atoms with Crippen LogP contribution < -0.4 is 10.2 Å². The van der Waals surface area contributed by atoms with Crippen molar-refractivity contribution in [1.29, 1.82) is 0 Å². The number of rotatable bonds is 5. The first-order chi connectivity index (χ1) is 13.6. The van der Waals surface area contributed by atoms with Crippen LogP contribution in [0.5, 0.6) is 0 Å². The molecule has 0 spiro atoms. The van der Waals surface area contributed by atoms with E-state index in [9.17, 15) is 14.9 Å². The number of hydrogen-bond donors (Lipinski definition) is 1. The molecule has 1 atom stereocenters. The molecule has 3 aromatic carbocycles. The van der Waals surface area contributed by atoms with Gasteiger partial charge < -0.3 is 5.32 Å². The van der Waals surface area contributed by atoms with Crippen LogP contribution in [0, 0.1) is 10.1 Å². The molecule has 0 saturated heterocycles. The second-order valence-corrected chi connectivity index (χ2v) is 6.34. The van der Waals surface area contributed by atoms with Crippen molar-refractivity contribution >= 4 is 23.0 Å². The van der Waals surface area contributed by atoms with Crippen molar-refractivity contribution in [3.8, 4) is 0 Å². The number of benzene rings is 3. The summed E-state index contributed by atoms with van der Waals surface area (Å²) in [5, 5.41) is 14.7. The number of amides is 1. The van der Waals surface area contributed by atoms with Gasteiger partial charge in [0.1, 0.15) is 5.70 Å². The van der Waals surface area contributed by atoms with Crippen molar-refractivity contribution in [2.45, 2.75) is 6.04 Å². The maximum atomic E-state index is 13.2. The maximum Gasteiger partial charge on any atom is 0.275 e. The lowest BCUT2D eigenvalue weighted by molar-refractivity contribution is -0.385. The first-order valence-corrected chi connectivity index (χ1v) is 8.81. The smallest absolute Gasteiger partial charge is 0.275 e. The van der Waals surface area contributed by atoms with E-state index < -0.39 is 11.0 Å². The van der Waals surface area contributed by atoms with E-state index in [0.717, 1.165) is 5.69 Å². The molecule has 0 radical (unpaired) electrons. The minimum absolute atomic E-state index is 0.0153. The van der Waals surface area contributed by atoms with Crippen LogP contribution >= 0.6 is 0 Å². The van der Waals surface area contributed by atoms with Crippen LogP contribution in [0.3, 0.4) is 0 Å². The number of nitrogens with one attached hydrogen (secondary N) is 1. The highest BCUT2D eigenvalue weighted by Crippen LogP contribution is 2.39. The van der Waals surface area contributed by atoms with Gasteiger partial charge in [0.25, 0.3) is 11.6 Å². The van der Waals surface area contributed by atoms with Crippen molar-refractivity contribution < 1.29 is 9.72 Å². The largest absolute Gasteiger partial charge is 0.351 e. The van der Waals surface area contributed by atoms with Crippen molar-refractivity contribution in [2.24, 2.45) is 0 Å². The Balaban J connectivity index is 1.80. The number of carbonyl (C=O) groups is 1. The highest BCUT2D eigenvalue weighted by molar-refractivity contribution is 6.11. The molecule has 1 amide bonds.